The third-order valence-electron chi connectivity index (χ3n) is 3.76. The molecule has 0 spiro atoms. The van der Waals surface area contributed by atoms with E-state index in [2.05, 4.69) is 10.5 Å². The fourth-order valence-corrected chi connectivity index (χ4v) is 2.54. The summed E-state index contributed by atoms with van der Waals surface area (Å²) in [7, 11) is 1.53. The maximum atomic E-state index is 12.3. The first-order chi connectivity index (χ1) is 11.1. The SMILES string of the molecule is COc1ccc(/C(=N\O)NC(=O)[C@H]2CCCCN2C(=O)O)cc1. The molecule has 0 radical (unpaired) electrons. The van der Waals surface area contributed by atoms with E-state index in [-0.39, 0.29) is 5.84 Å². The van der Waals surface area contributed by atoms with Crippen molar-refractivity contribution >= 4 is 17.8 Å². The van der Waals surface area contributed by atoms with Crippen molar-refractivity contribution < 1.29 is 24.6 Å². The van der Waals surface area contributed by atoms with E-state index in [4.69, 9.17) is 9.94 Å². The Hall–Kier alpha value is -2.77. The molecule has 0 bridgehead atoms. The average molecular weight is 321 g/mol. The molecule has 1 aromatic rings. The minimum absolute atomic E-state index is 0.0337. The number of amides is 2. The molecule has 3 N–H and O–H groups in total. The number of carbonyl (C=O) groups is 2. The second-order valence-electron chi connectivity index (χ2n) is 5.15. The van der Waals surface area contributed by atoms with Crippen LogP contribution in [0.25, 0.3) is 0 Å². The number of piperidine rings is 1. The zero-order chi connectivity index (χ0) is 16.8. The van der Waals surface area contributed by atoms with Crippen molar-refractivity contribution in [1.29, 1.82) is 0 Å². The van der Waals surface area contributed by atoms with Crippen molar-refractivity contribution in [3.8, 4) is 5.75 Å². The van der Waals surface area contributed by atoms with E-state index < -0.39 is 18.0 Å². The first kappa shape index (κ1) is 16.6. The molecule has 1 aliphatic heterocycles. The Morgan fingerprint density at radius 1 is 1.30 bits per heavy atom. The topological polar surface area (TPSA) is 111 Å². The lowest BCUT2D eigenvalue weighted by Gasteiger charge is -2.32. The summed E-state index contributed by atoms with van der Waals surface area (Å²) in [6.45, 7) is 0.321. The average Bonchev–Trinajstić information content (AvgIpc) is 2.59. The summed E-state index contributed by atoms with van der Waals surface area (Å²) in [5.41, 5.74) is 0.485. The van der Waals surface area contributed by atoms with E-state index in [9.17, 15) is 14.7 Å². The smallest absolute Gasteiger partial charge is 0.407 e. The number of benzene rings is 1. The highest BCUT2D eigenvalue weighted by molar-refractivity contribution is 6.09. The summed E-state index contributed by atoms with van der Waals surface area (Å²) < 4.78 is 5.04. The maximum absolute atomic E-state index is 12.3. The van der Waals surface area contributed by atoms with Gasteiger partial charge in [0.15, 0.2) is 5.84 Å². The van der Waals surface area contributed by atoms with Crippen molar-refractivity contribution in [3.63, 3.8) is 0 Å². The number of oxime groups is 1. The molecule has 1 heterocycles. The fourth-order valence-electron chi connectivity index (χ4n) is 2.54. The number of rotatable bonds is 3. The number of likely N-dealkylation sites (tertiary alicyclic amines) is 1. The van der Waals surface area contributed by atoms with Crippen molar-refractivity contribution in [3.05, 3.63) is 29.8 Å². The highest BCUT2D eigenvalue weighted by Gasteiger charge is 2.32. The predicted octanol–water partition coefficient (Wildman–Crippen LogP) is 1.48. The Morgan fingerprint density at radius 3 is 2.57 bits per heavy atom. The van der Waals surface area contributed by atoms with Crippen LogP contribution in [0.3, 0.4) is 0 Å². The van der Waals surface area contributed by atoms with E-state index in [1.807, 2.05) is 0 Å². The number of hydrogen-bond donors (Lipinski definition) is 3. The van der Waals surface area contributed by atoms with Crippen LogP contribution in [0.2, 0.25) is 0 Å². The number of amidine groups is 1. The summed E-state index contributed by atoms with van der Waals surface area (Å²) in [6, 6.07) is 5.80. The summed E-state index contributed by atoms with van der Waals surface area (Å²) in [6.07, 6.45) is 0.821. The van der Waals surface area contributed by atoms with Gasteiger partial charge < -0.3 is 20.4 Å². The van der Waals surface area contributed by atoms with E-state index in [1.165, 1.54) is 7.11 Å². The molecule has 0 aromatic heterocycles. The van der Waals surface area contributed by atoms with Gasteiger partial charge in [0.05, 0.1) is 7.11 Å². The molecular weight excluding hydrogens is 302 g/mol. The molecule has 2 amide bonds. The van der Waals surface area contributed by atoms with Crippen LogP contribution in [0.4, 0.5) is 4.79 Å². The van der Waals surface area contributed by atoms with Gasteiger partial charge in [-0.15, -0.1) is 0 Å². The summed E-state index contributed by atoms with van der Waals surface area (Å²) in [4.78, 5) is 24.7. The Bertz CT molecular complexity index is 600. The van der Waals surface area contributed by atoms with E-state index >= 15 is 0 Å². The second kappa shape index (κ2) is 7.48. The fraction of sp³-hybridized carbons (Fsp3) is 0.400. The number of hydrogen-bond acceptors (Lipinski definition) is 5. The van der Waals surface area contributed by atoms with Crippen LogP contribution in [0.1, 0.15) is 24.8 Å². The molecule has 0 saturated carbocycles. The normalized spacial score (nSPS) is 18.4. The van der Waals surface area contributed by atoms with Gasteiger partial charge in [0.1, 0.15) is 11.8 Å². The van der Waals surface area contributed by atoms with Crippen LogP contribution in [-0.2, 0) is 4.79 Å². The van der Waals surface area contributed by atoms with Crippen LogP contribution < -0.4 is 10.1 Å². The van der Waals surface area contributed by atoms with Gasteiger partial charge in [-0.2, -0.15) is 0 Å². The number of carboxylic acid groups (broad SMARTS) is 1. The van der Waals surface area contributed by atoms with Crippen LogP contribution in [0.5, 0.6) is 5.75 Å². The van der Waals surface area contributed by atoms with Gasteiger partial charge >= 0.3 is 6.09 Å². The minimum atomic E-state index is -1.13. The number of ether oxygens (including phenoxy) is 1. The Morgan fingerprint density at radius 2 is 2.00 bits per heavy atom. The summed E-state index contributed by atoms with van der Waals surface area (Å²) in [5.74, 6) is 0.0889. The third kappa shape index (κ3) is 3.91. The zero-order valence-corrected chi connectivity index (χ0v) is 12.7. The molecule has 124 valence electrons. The van der Waals surface area contributed by atoms with Crippen molar-refractivity contribution in [2.45, 2.75) is 25.3 Å². The van der Waals surface area contributed by atoms with E-state index in [0.29, 0.717) is 24.3 Å². The first-order valence-electron chi connectivity index (χ1n) is 7.23. The molecule has 1 aromatic carbocycles. The standard InChI is InChI=1S/C15H19N3O5/c1-23-11-7-5-10(6-8-11)13(17-22)16-14(19)12-4-2-3-9-18(12)15(20)21/h5-8,12,22H,2-4,9H2,1H3,(H,20,21)(H,16,17,19)/t12-/m1/s1. The lowest BCUT2D eigenvalue weighted by Crippen LogP contribution is -2.52. The molecule has 23 heavy (non-hydrogen) atoms. The van der Waals surface area contributed by atoms with Gasteiger partial charge in [-0.25, -0.2) is 4.79 Å². The third-order valence-corrected chi connectivity index (χ3v) is 3.76. The van der Waals surface area contributed by atoms with Crippen LogP contribution in [0.15, 0.2) is 29.4 Å². The predicted molar refractivity (Wildman–Crippen MR) is 81.8 cm³/mol. The largest absolute Gasteiger partial charge is 0.497 e. The molecule has 1 aliphatic rings. The molecule has 0 unspecified atom stereocenters. The van der Waals surface area contributed by atoms with E-state index in [1.54, 1.807) is 24.3 Å². The van der Waals surface area contributed by atoms with Crippen molar-refractivity contribution in [1.82, 2.24) is 10.2 Å². The lowest BCUT2D eigenvalue weighted by molar-refractivity contribution is -0.125. The zero-order valence-electron chi connectivity index (χ0n) is 12.7. The number of carbonyl (C=O) groups excluding carboxylic acids is 1. The molecule has 1 saturated heterocycles. The van der Waals surface area contributed by atoms with Crippen LogP contribution in [-0.4, -0.2) is 52.7 Å². The molecule has 8 nitrogen and oxygen atoms in total. The Kier molecular flexibility index (Phi) is 5.40. The number of nitrogens with zero attached hydrogens (tertiary/aromatic N) is 2. The van der Waals surface area contributed by atoms with E-state index in [0.717, 1.165) is 17.7 Å². The summed E-state index contributed by atoms with van der Waals surface area (Å²) >= 11 is 0. The minimum Gasteiger partial charge on any atom is -0.497 e. The van der Waals surface area contributed by atoms with Gasteiger partial charge in [-0.1, -0.05) is 5.16 Å². The molecule has 0 aliphatic carbocycles. The van der Waals surface area contributed by atoms with Crippen LogP contribution in [0, 0.1) is 0 Å². The molecular formula is C15H19N3O5. The lowest BCUT2D eigenvalue weighted by atomic mass is 10.0. The highest BCUT2D eigenvalue weighted by Crippen LogP contribution is 2.18. The van der Waals surface area contributed by atoms with Gasteiger partial charge in [0.2, 0.25) is 5.91 Å². The highest BCUT2D eigenvalue weighted by atomic mass is 16.5. The molecule has 1 atom stereocenters. The molecule has 2 rings (SSSR count). The Balaban J connectivity index is 2.11. The number of methoxy groups -OCH3 is 1. The first-order valence-corrected chi connectivity index (χ1v) is 7.23. The van der Waals surface area contributed by atoms with Crippen LogP contribution >= 0.6 is 0 Å². The maximum Gasteiger partial charge on any atom is 0.407 e. The molecule has 1 fully saturated rings. The monoisotopic (exact) mass is 321 g/mol. The van der Waals surface area contributed by atoms with Crippen molar-refractivity contribution in [2.24, 2.45) is 5.16 Å². The van der Waals surface area contributed by atoms with Gasteiger partial charge in [-0.3, -0.25) is 9.69 Å². The summed E-state index contributed by atoms with van der Waals surface area (Å²) in [5, 5.41) is 23.9. The van der Waals surface area contributed by atoms with Gasteiger partial charge in [0, 0.05) is 12.1 Å². The van der Waals surface area contributed by atoms with Gasteiger partial charge in [0.25, 0.3) is 0 Å². The Labute approximate surface area is 133 Å². The molecule has 8 heteroatoms. The quantitative estimate of drug-likeness (QED) is 0.338. The number of nitrogens with one attached hydrogen (secondary N) is 1. The van der Waals surface area contributed by atoms with Gasteiger partial charge in [-0.05, 0) is 43.5 Å². The van der Waals surface area contributed by atoms with Crippen molar-refractivity contribution in [2.75, 3.05) is 13.7 Å². The second-order valence-corrected chi connectivity index (χ2v) is 5.15.